The van der Waals surface area contributed by atoms with Crippen molar-refractivity contribution in [2.45, 2.75) is 32.2 Å². The van der Waals surface area contributed by atoms with E-state index in [0.29, 0.717) is 6.04 Å². The van der Waals surface area contributed by atoms with Crippen LogP contribution in [0.2, 0.25) is 0 Å². The van der Waals surface area contributed by atoms with Gasteiger partial charge in [0.1, 0.15) is 0 Å². The topological polar surface area (TPSA) is 15.3 Å². The van der Waals surface area contributed by atoms with Gasteiger partial charge >= 0.3 is 0 Å². The summed E-state index contributed by atoms with van der Waals surface area (Å²) in [5.74, 6) is 0.940. The molecule has 1 aliphatic rings. The lowest BCUT2D eigenvalue weighted by Gasteiger charge is -2.34. The third-order valence-corrected chi connectivity index (χ3v) is 3.37. The Kier molecular flexibility index (Phi) is 5.20. The molecule has 0 aromatic carbocycles. The molecule has 1 aliphatic heterocycles. The summed E-state index contributed by atoms with van der Waals surface area (Å²) in [4.78, 5) is 2.53. The van der Waals surface area contributed by atoms with Gasteiger partial charge in [-0.2, -0.15) is 0 Å². The van der Waals surface area contributed by atoms with Crippen molar-refractivity contribution in [1.29, 1.82) is 0 Å². The van der Waals surface area contributed by atoms with Crippen LogP contribution >= 0.6 is 0 Å². The van der Waals surface area contributed by atoms with Gasteiger partial charge in [0.25, 0.3) is 0 Å². The monoisotopic (exact) mass is 196 g/mol. The van der Waals surface area contributed by atoms with Crippen LogP contribution in [0.1, 0.15) is 26.2 Å². The van der Waals surface area contributed by atoms with Crippen molar-refractivity contribution in [3.63, 3.8) is 0 Å². The first-order chi connectivity index (χ1) is 6.77. The van der Waals surface area contributed by atoms with Gasteiger partial charge in [0, 0.05) is 6.04 Å². The van der Waals surface area contributed by atoms with Crippen LogP contribution in [0, 0.1) is 5.92 Å². The Morgan fingerprint density at radius 1 is 1.50 bits per heavy atom. The van der Waals surface area contributed by atoms with E-state index in [1.807, 2.05) is 13.1 Å². The molecule has 14 heavy (non-hydrogen) atoms. The molecule has 1 unspecified atom stereocenters. The van der Waals surface area contributed by atoms with E-state index in [9.17, 15) is 0 Å². The van der Waals surface area contributed by atoms with E-state index in [-0.39, 0.29) is 0 Å². The van der Waals surface area contributed by atoms with Gasteiger partial charge in [0.2, 0.25) is 0 Å². The van der Waals surface area contributed by atoms with Gasteiger partial charge in [-0.25, -0.2) is 0 Å². The van der Waals surface area contributed by atoms with E-state index in [1.165, 1.54) is 38.9 Å². The molecular formula is C12H24N2. The second-order valence-corrected chi connectivity index (χ2v) is 4.35. The molecule has 1 N–H and O–H groups in total. The molecule has 0 saturated carbocycles. The minimum atomic E-state index is 0.556. The lowest BCUT2D eigenvalue weighted by Crippen LogP contribution is -2.39. The minimum Gasteiger partial charge on any atom is -0.320 e. The van der Waals surface area contributed by atoms with Crippen LogP contribution in [0.3, 0.4) is 0 Å². The molecule has 82 valence electrons. The molecule has 0 aromatic rings. The van der Waals surface area contributed by atoms with Crippen molar-refractivity contribution >= 4 is 0 Å². The van der Waals surface area contributed by atoms with E-state index in [1.54, 1.807) is 0 Å². The smallest absolute Gasteiger partial charge is 0.0247 e. The molecule has 0 aromatic heterocycles. The van der Waals surface area contributed by atoms with Crippen LogP contribution in [0.15, 0.2) is 12.7 Å². The van der Waals surface area contributed by atoms with Crippen molar-refractivity contribution in [2.75, 3.05) is 26.7 Å². The SMILES string of the molecule is C=CC(C)N1CCC(CCNC)CC1. The molecule has 2 heteroatoms. The van der Waals surface area contributed by atoms with Gasteiger partial charge in [-0.1, -0.05) is 6.08 Å². The molecule has 0 bridgehead atoms. The molecule has 1 atom stereocenters. The van der Waals surface area contributed by atoms with Crippen molar-refractivity contribution in [3.8, 4) is 0 Å². The second-order valence-electron chi connectivity index (χ2n) is 4.35. The molecule has 1 rings (SSSR count). The van der Waals surface area contributed by atoms with Gasteiger partial charge in [0.05, 0.1) is 0 Å². The Balaban J connectivity index is 2.20. The largest absolute Gasteiger partial charge is 0.320 e. The summed E-state index contributed by atoms with van der Waals surface area (Å²) in [5, 5.41) is 3.23. The van der Waals surface area contributed by atoms with Gasteiger partial charge in [-0.05, 0) is 58.8 Å². The Bertz CT molecular complexity index is 160. The molecule has 1 saturated heterocycles. The van der Waals surface area contributed by atoms with E-state index < -0.39 is 0 Å². The molecule has 0 amide bonds. The summed E-state index contributed by atoms with van der Waals surface area (Å²) in [5.41, 5.74) is 0. The number of hydrogen-bond donors (Lipinski definition) is 1. The molecule has 0 spiro atoms. The predicted molar refractivity (Wildman–Crippen MR) is 62.5 cm³/mol. The maximum absolute atomic E-state index is 3.85. The Morgan fingerprint density at radius 3 is 2.64 bits per heavy atom. The highest BCUT2D eigenvalue weighted by molar-refractivity contribution is 4.86. The summed E-state index contributed by atoms with van der Waals surface area (Å²) in [6, 6.07) is 0.556. The number of hydrogen-bond acceptors (Lipinski definition) is 2. The zero-order valence-corrected chi connectivity index (χ0v) is 9.63. The van der Waals surface area contributed by atoms with E-state index >= 15 is 0 Å². The Hall–Kier alpha value is -0.340. The fourth-order valence-corrected chi connectivity index (χ4v) is 2.15. The molecular weight excluding hydrogens is 172 g/mol. The molecule has 0 radical (unpaired) electrons. The zero-order chi connectivity index (χ0) is 10.4. The maximum atomic E-state index is 3.85. The third kappa shape index (κ3) is 3.43. The lowest BCUT2D eigenvalue weighted by atomic mass is 9.93. The maximum Gasteiger partial charge on any atom is 0.0247 e. The minimum absolute atomic E-state index is 0.556. The van der Waals surface area contributed by atoms with Gasteiger partial charge in [-0.3, -0.25) is 4.90 Å². The second kappa shape index (κ2) is 6.20. The lowest BCUT2D eigenvalue weighted by molar-refractivity contribution is 0.158. The number of likely N-dealkylation sites (tertiary alicyclic amines) is 1. The first kappa shape index (κ1) is 11.7. The van der Waals surface area contributed by atoms with Crippen LogP contribution < -0.4 is 5.32 Å². The predicted octanol–water partition coefficient (Wildman–Crippen LogP) is 1.88. The third-order valence-electron chi connectivity index (χ3n) is 3.37. The highest BCUT2D eigenvalue weighted by Crippen LogP contribution is 2.21. The first-order valence-electron chi connectivity index (χ1n) is 5.79. The van der Waals surface area contributed by atoms with Gasteiger partial charge in [-0.15, -0.1) is 6.58 Å². The number of piperidine rings is 1. The Morgan fingerprint density at radius 2 is 2.14 bits per heavy atom. The Labute approximate surface area is 88.4 Å². The van der Waals surface area contributed by atoms with Crippen LogP contribution in [0.4, 0.5) is 0 Å². The zero-order valence-electron chi connectivity index (χ0n) is 9.63. The summed E-state index contributed by atoms with van der Waals surface area (Å²) in [7, 11) is 2.04. The average Bonchev–Trinajstić information content (AvgIpc) is 2.26. The van der Waals surface area contributed by atoms with E-state index in [0.717, 1.165) is 5.92 Å². The van der Waals surface area contributed by atoms with Crippen LogP contribution in [-0.2, 0) is 0 Å². The highest BCUT2D eigenvalue weighted by atomic mass is 15.1. The van der Waals surface area contributed by atoms with Gasteiger partial charge < -0.3 is 5.32 Å². The van der Waals surface area contributed by atoms with Crippen LogP contribution in [-0.4, -0.2) is 37.6 Å². The van der Waals surface area contributed by atoms with Crippen molar-refractivity contribution in [2.24, 2.45) is 5.92 Å². The van der Waals surface area contributed by atoms with Gasteiger partial charge in [0.15, 0.2) is 0 Å². The average molecular weight is 196 g/mol. The number of nitrogens with one attached hydrogen (secondary N) is 1. The fourth-order valence-electron chi connectivity index (χ4n) is 2.15. The normalized spacial score (nSPS) is 22.1. The molecule has 1 fully saturated rings. The molecule has 1 heterocycles. The summed E-state index contributed by atoms with van der Waals surface area (Å²) in [6.07, 6.45) is 6.11. The summed E-state index contributed by atoms with van der Waals surface area (Å²) < 4.78 is 0. The van der Waals surface area contributed by atoms with Crippen molar-refractivity contribution in [1.82, 2.24) is 10.2 Å². The summed E-state index contributed by atoms with van der Waals surface area (Å²) in [6.45, 7) is 9.76. The molecule has 0 aliphatic carbocycles. The van der Waals surface area contributed by atoms with E-state index in [2.05, 4.69) is 23.7 Å². The van der Waals surface area contributed by atoms with E-state index in [4.69, 9.17) is 0 Å². The van der Waals surface area contributed by atoms with Crippen LogP contribution in [0.5, 0.6) is 0 Å². The number of rotatable bonds is 5. The number of nitrogens with zero attached hydrogens (tertiary/aromatic N) is 1. The molecule has 2 nitrogen and oxygen atoms in total. The summed E-state index contributed by atoms with van der Waals surface area (Å²) >= 11 is 0. The fraction of sp³-hybridized carbons (Fsp3) is 0.833. The quantitative estimate of drug-likeness (QED) is 0.675. The first-order valence-corrected chi connectivity index (χ1v) is 5.79. The standard InChI is InChI=1S/C12H24N2/c1-4-11(2)14-9-6-12(7-10-14)5-8-13-3/h4,11-13H,1,5-10H2,2-3H3. The van der Waals surface area contributed by atoms with Crippen molar-refractivity contribution < 1.29 is 0 Å². The van der Waals surface area contributed by atoms with Crippen LogP contribution in [0.25, 0.3) is 0 Å². The van der Waals surface area contributed by atoms with Crippen molar-refractivity contribution in [3.05, 3.63) is 12.7 Å². The highest BCUT2D eigenvalue weighted by Gasteiger charge is 2.20.